The lowest BCUT2D eigenvalue weighted by Gasteiger charge is -2.04. The number of hydrogen-bond acceptors (Lipinski definition) is 4. The van der Waals surface area contributed by atoms with Crippen molar-refractivity contribution in [2.75, 3.05) is 11.5 Å². The lowest BCUT2D eigenvalue weighted by molar-refractivity contribution is -0.117. The number of carbonyl (C=O) groups is 2. The first-order valence-corrected chi connectivity index (χ1v) is 5.64. The molecule has 6 nitrogen and oxygen atoms in total. The van der Waals surface area contributed by atoms with E-state index in [4.69, 9.17) is 11.5 Å². The molecule has 16 heavy (non-hydrogen) atoms. The van der Waals surface area contributed by atoms with Crippen LogP contribution in [-0.4, -0.2) is 21.9 Å². The normalized spacial score (nSPS) is 11.8. The standard InChI is InChI=1S/C9H11N3O3S/c10-6-3-1-2-4-7(6)16(15)5-8(13)12-9(11)14/h1-4H,5,10H2,(H3,11,12,13,14). The van der Waals surface area contributed by atoms with Crippen LogP contribution in [0.1, 0.15) is 0 Å². The van der Waals surface area contributed by atoms with Crippen LogP contribution in [0.5, 0.6) is 0 Å². The van der Waals surface area contributed by atoms with Crippen molar-refractivity contribution in [2.24, 2.45) is 5.73 Å². The Labute approximate surface area is 94.5 Å². The van der Waals surface area contributed by atoms with Crippen LogP contribution in [0.3, 0.4) is 0 Å². The summed E-state index contributed by atoms with van der Waals surface area (Å²) in [5, 5.41) is 1.83. The van der Waals surface area contributed by atoms with Gasteiger partial charge in [-0.15, -0.1) is 0 Å². The van der Waals surface area contributed by atoms with E-state index in [2.05, 4.69) is 0 Å². The third kappa shape index (κ3) is 3.35. The molecular formula is C9H11N3O3S. The number of carbonyl (C=O) groups excluding carboxylic acids is 2. The summed E-state index contributed by atoms with van der Waals surface area (Å²) in [6.07, 6.45) is 0. The van der Waals surface area contributed by atoms with E-state index in [1.54, 1.807) is 24.3 Å². The number of amides is 3. The van der Waals surface area contributed by atoms with E-state index >= 15 is 0 Å². The third-order valence-corrected chi connectivity index (χ3v) is 3.08. The van der Waals surface area contributed by atoms with Gasteiger partial charge in [0.1, 0.15) is 5.75 Å². The minimum atomic E-state index is -1.59. The van der Waals surface area contributed by atoms with Gasteiger partial charge < -0.3 is 11.5 Å². The molecule has 0 aliphatic carbocycles. The van der Waals surface area contributed by atoms with Crippen LogP contribution in [0, 0.1) is 0 Å². The number of benzene rings is 1. The molecule has 86 valence electrons. The molecule has 0 aliphatic rings. The maximum Gasteiger partial charge on any atom is 0.318 e. The van der Waals surface area contributed by atoms with E-state index in [0.29, 0.717) is 10.6 Å². The number of primary amides is 1. The second-order valence-electron chi connectivity index (χ2n) is 2.94. The fourth-order valence-electron chi connectivity index (χ4n) is 1.06. The van der Waals surface area contributed by atoms with Gasteiger partial charge in [0.25, 0.3) is 0 Å². The largest absolute Gasteiger partial charge is 0.398 e. The van der Waals surface area contributed by atoms with E-state index in [1.165, 1.54) is 0 Å². The molecule has 5 N–H and O–H groups in total. The summed E-state index contributed by atoms with van der Waals surface area (Å²) >= 11 is 0. The molecule has 0 spiro atoms. The summed E-state index contributed by atoms with van der Waals surface area (Å²) in [6.45, 7) is 0. The first kappa shape index (κ1) is 12.2. The van der Waals surface area contributed by atoms with Gasteiger partial charge >= 0.3 is 6.03 Å². The number of imide groups is 1. The Morgan fingerprint density at radius 1 is 1.31 bits per heavy atom. The van der Waals surface area contributed by atoms with E-state index in [9.17, 15) is 13.8 Å². The smallest absolute Gasteiger partial charge is 0.318 e. The SMILES string of the molecule is NC(=O)NC(=O)CS(=O)c1ccccc1N. The number of nitrogens with two attached hydrogens (primary N) is 2. The van der Waals surface area contributed by atoms with Crippen LogP contribution < -0.4 is 16.8 Å². The zero-order valence-corrected chi connectivity index (χ0v) is 9.12. The topological polar surface area (TPSA) is 115 Å². The average Bonchev–Trinajstić information content (AvgIpc) is 2.16. The monoisotopic (exact) mass is 241 g/mol. The van der Waals surface area contributed by atoms with Crippen LogP contribution >= 0.6 is 0 Å². The number of nitrogens with one attached hydrogen (secondary N) is 1. The molecule has 0 saturated heterocycles. The van der Waals surface area contributed by atoms with Gasteiger partial charge in [-0.3, -0.25) is 14.3 Å². The van der Waals surface area contributed by atoms with Crippen molar-refractivity contribution in [1.29, 1.82) is 0 Å². The quantitative estimate of drug-likeness (QED) is 0.623. The van der Waals surface area contributed by atoms with Crippen LogP contribution in [0.2, 0.25) is 0 Å². The number of anilines is 1. The Balaban J connectivity index is 2.70. The Morgan fingerprint density at radius 2 is 1.94 bits per heavy atom. The van der Waals surface area contributed by atoms with Crippen molar-refractivity contribution in [3.8, 4) is 0 Å². The first-order chi connectivity index (χ1) is 7.50. The highest BCUT2D eigenvalue weighted by molar-refractivity contribution is 7.86. The number of para-hydroxylation sites is 1. The number of hydrogen-bond donors (Lipinski definition) is 3. The zero-order valence-electron chi connectivity index (χ0n) is 8.30. The van der Waals surface area contributed by atoms with Crippen molar-refractivity contribution in [3.63, 3.8) is 0 Å². The van der Waals surface area contributed by atoms with Crippen molar-refractivity contribution in [3.05, 3.63) is 24.3 Å². The minimum Gasteiger partial charge on any atom is -0.398 e. The molecule has 0 heterocycles. The van der Waals surface area contributed by atoms with Gasteiger partial charge in [0.05, 0.1) is 15.7 Å². The summed E-state index contributed by atoms with van der Waals surface area (Å²) in [5.74, 6) is -1.05. The minimum absolute atomic E-state index is 0.340. The molecule has 1 aromatic rings. The molecule has 1 unspecified atom stereocenters. The fourth-order valence-corrected chi connectivity index (χ4v) is 2.09. The molecule has 0 fully saturated rings. The molecule has 0 bridgehead atoms. The lowest BCUT2D eigenvalue weighted by Crippen LogP contribution is -2.37. The van der Waals surface area contributed by atoms with Gasteiger partial charge in [-0.05, 0) is 12.1 Å². The Morgan fingerprint density at radius 3 is 2.50 bits per heavy atom. The highest BCUT2D eigenvalue weighted by Crippen LogP contribution is 2.15. The number of nitrogen functional groups attached to an aromatic ring is 1. The summed E-state index contributed by atoms with van der Waals surface area (Å²) in [4.78, 5) is 21.8. The van der Waals surface area contributed by atoms with Crippen molar-refractivity contribution in [1.82, 2.24) is 5.32 Å². The Bertz CT molecular complexity index is 447. The van der Waals surface area contributed by atoms with Gasteiger partial charge in [-0.2, -0.15) is 0 Å². The summed E-state index contributed by atoms with van der Waals surface area (Å²) in [5.41, 5.74) is 10.7. The van der Waals surface area contributed by atoms with Gasteiger partial charge in [0.2, 0.25) is 5.91 Å². The average molecular weight is 241 g/mol. The van der Waals surface area contributed by atoms with Gasteiger partial charge in [-0.25, -0.2) is 4.79 Å². The van der Waals surface area contributed by atoms with E-state index in [-0.39, 0.29) is 5.75 Å². The van der Waals surface area contributed by atoms with Crippen LogP contribution in [0.25, 0.3) is 0 Å². The second kappa shape index (κ2) is 5.26. The predicted octanol–water partition coefficient (Wildman–Crippen LogP) is -0.429. The highest BCUT2D eigenvalue weighted by Gasteiger charge is 2.13. The van der Waals surface area contributed by atoms with Gasteiger partial charge in [0, 0.05) is 5.69 Å². The van der Waals surface area contributed by atoms with E-state index in [1.807, 2.05) is 5.32 Å². The fraction of sp³-hybridized carbons (Fsp3) is 0.111. The van der Waals surface area contributed by atoms with E-state index < -0.39 is 22.7 Å². The molecule has 1 rings (SSSR count). The summed E-state index contributed by atoms with van der Waals surface area (Å²) in [7, 11) is -1.59. The van der Waals surface area contributed by atoms with Crippen molar-refractivity contribution >= 4 is 28.4 Å². The molecule has 0 aliphatic heterocycles. The summed E-state index contributed by atoms with van der Waals surface area (Å²) < 4.78 is 11.7. The molecule has 0 radical (unpaired) electrons. The molecule has 1 aromatic carbocycles. The zero-order chi connectivity index (χ0) is 12.1. The molecule has 3 amide bonds. The maximum absolute atomic E-state index is 11.7. The lowest BCUT2D eigenvalue weighted by atomic mass is 10.3. The Kier molecular flexibility index (Phi) is 4.01. The predicted molar refractivity (Wildman–Crippen MR) is 59.9 cm³/mol. The molecular weight excluding hydrogens is 230 g/mol. The number of urea groups is 1. The van der Waals surface area contributed by atoms with E-state index in [0.717, 1.165) is 0 Å². The highest BCUT2D eigenvalue weighted by atomic mass is 32.2. The second-order valence-corrected chi connectivity index (χ2v) is 4.36. The Hall–Kier alpha value is -1.89. The third-order valence-electron chi connectivity index (χ3n) is 1.69. The molecule has 7 heteroatoms. The van der Waals surface area contributed by atoms with Gasteiger partial charge in [-0.1, -0.05) is 12.1 Å². The maximum atomic E-state index is 11.7. The first-order valence-electron chi connectivity index (χ1n) is 4.33. The van der Waals surface area contributed by atoms with Crippen molar-refractivity contribution in [2.45, 2.75) is 4.90 Å². The van der Waals surface area contributed by atoms with Crippen LogP contribution in [0.15, 0.2) is 29.2 Å². The van der Waals surface area contributed by atoms with Crippen LogP contribution in [-0.2, 0) is 15.6 Å². The van der Waals surface area contributed by atoms with Crippen molar-refractivity contribution < 1.29 is 13.8 Å². The molecule has 0 saturated carbocycles. The van der Waals surface area contributed by atoms with Gasteiger partial charge in [0.15, 0.2) is 0 Å². The number of rotatable bonds is 3. The molecule has 0 aromatic heterocycles. The summed E-state index contributed by atoms with van der Waals surface area (Å²) in [6, 6.07) is 5.53. The molecule has 1 atom stereocenters. The van der Waals surface area contributed by atoms with Crippen LogP contribution in [0.4, 0.5) is 10.5 Å².